The smallest absolute Gasteiger partial charge is 0.265 e. The molecular weight excluding hydrogens is 493 g/mol. The van der Waals surface area contributed by atoms with Crippen molar-refractivity contribution in [3.8, 4) is 0 Å². The lowest BCUT2D eigenvalue weighted by Gasteiger charge is -2.29. The largest absolute Gasteiger partial charge is 0.354 e. The normalized spacial score (nSPS) is 14.7. The van der Waals surface area contributed by atoms with Gasteiger partial charge in [-0.15, -0.1) is 0 Å². The quantitative estimate of drug-likeness (QED) is 0.424. The average molecular weight is 526 g/mol. The van der Waals surface area contributed by atoms with E-state index in [1.807, 2.05) is 32.0 Å². The fraction of sp³-hybridized carbons (Fsp3) is 0.357. The molecule has 0 saturated heterocycles. The third-order valence-electron chi connectivity index (χ3n) is 6.58. The van der Waals surface area contributed by atoms with Crippen LogP contribution in [-0.2, 0) is 26.2 Å². The highest BCUT2D eigenvalue weighted by Crippen LogP contribution is 2.42. The van der Waals surface area contributed by atoms with E-state index in [1.165, 1.54) is 15.3 Å². The van der Waals surface area contributed by atoms with Gasteiger partial charge in [-0.1, -0.05) is 56.3 Å². The molecule has 9 heteroatoms. The molecule has 7 nitrogen and oxygen atoms in total. The molecule has 0 radical (unpaired) electrons. The van der Waals surface area contributed by atoms with E-state index in [4.69, 9.17) is 0 Å². The minimum Gasteiger partial charge on any atom is -0.354 e. The average Bonchev–Trinajstić information content (AvgIpc) is 3.09. The number of halogens is 1. The molecule has 196 valence electrons. The number of anilines is 1. The topological polar surface area (TPSA) is 86.8 Å². The molecule has 1 N–H and O–H groups in total. The van der Waals surface area contributed by atoms with Crippen LogP contribution in [0.25, 0.3) is 10.8 Å². The maximum Gasteiger partial charge on any atom is 0.265 e. The standard InChI is InChI=1S/C28H32FN3O4S/c1-19(2)17-30-28(34)20(3)31(18-22-9-4-5-12-23(22)29)26(33)15-8-16-32-24-13-6-10-21-11-7-14-25(27(21)24)37(32,35)36/h4-7,9-14,19-20H,8,15-18H2,1-3H3,(H,30,34). The van der Waals surface area contributed by atoms with Gasteiger partial charge >= 0.3 is 0 Å². The molecular formula is C28H32FN3O4S. The summed E-state index contributed by atoms with van der Waals surface area (Å²) < 4.78 is 42.2. The molecule has 4 rings (SSSR count). The number of amides is 2. The number of benzene rings is 3. The number of carbonyl (C=O) groups is 2. The molecule has 1 atom stereocenters. The van der Waals surface area contributed by atoms with Gasteiger partial charge in [0, 0.05) is 37.0 Å². The van der Waals surface area contributed by atoms with Gasteiger partial charge in [0.05, 0.1) is 10.6 Å². The summed E-state index contributed by atoms with van der Waals surface area (Å²) in [6.45, 7) is 6.08. The van der Waals surface area contributed by atoms with Gasteiger partial charge < -0.3 is 10.2 Å². The van der Waals surface area contributed by atoms with E-state index in [2.05, 4.69) is 5.32 Å². The number of hydrogen-bond acceptors (Lipinski definition) is 4. The predicted molar refractivity (Wildman–Crippen MR) is 142 cm³/mol. The van der Waals surface area contributed by atoms with Crippen molar-refractivity contribution in [2.24, 2.45) is 5.92 Å². The van der Waals surface area contributed by atoms with E-state index >= 15 is 0 Å². The Labute approximate surface area is 217 Å². The molecule has 0 aromatic heterocycles. The Morgan fingerprint density at radius 2 is 1.70 bits per heavy atom. The van der Waals surface area contributed by atoms with Crippen molar-refractivity contribution in [2.75, 3.05) is 17.4 Å². The molecule has 0 saturated carbocycles. The number of sulfonamides is 1. The predicted octanol–water partition coefficient (Wildman–Crippen LogP) is 4.46. The summed E-state index contributed by atoms with van der Waals surface area (Å²) >= 11 is 0. The Balaban J connectivity index is 1.49. The van der Waals surface area contributed by atoms with Crippen molar-refractivity contribution in [2.45, 2.75) is 51.1 Å². The SMILES string of the molecule is CC(C)CNC(=O)C(C)N(Cc1ccccc1F)C(=O)CCCN1c2cccc3cccc(c23)S1(=O)=O. The molecule has 1 aliphatic heterocycles. The third kappa shape index (κ3) is 5.46. The highest BCUT2D eigenvalue weighted by molar-refractivity contribution is 7.93. The molecule has 1 aliphatic rings. The summed E-state index contributed by atoms with van der Waals surface area (Å²) in [4.78, 5) is 27.8. The number of carbonyl (C=O) groups excluding carboxylic acids is 2. The van der Waals surface area contributed by atoms with Crippen LogP contribution < -0.4 is 9.62 Å². The molecule has 3 aromatic rings. The monoisotopic (exact) mass is 525 g/mol. The molecule has 2 amide bonds. The molecule has 3 aromatic carbocycles. The number of nitrogens with one attached hydrogen (secondary N) is 1. The summed E-state index contributed by atoms with van der Waals surface area (Å²) in [5.74, 6) is -0.877. The number of nitrogens with zero attached hydrogens (tertiary/aromatic N) is 2. The van der Waals surface area contributed by atoms with Crippen molar-refractivity contribution >= 4 is 38.3 Å². The Bertz CT molecular complexity index is 1420. The van der Waals surface area contributed by atoms with Crippen LogP contribution in [0.5, 0.6) is 0 Å². The van der Waals surface area contributed by atoms with Crippen LogP contribution in [0.4, 0.5) is 10.1 Å². The molecule has 37 heavy (non-hydrogen) atoms. The van der Waals surface area contributed by atoms with Gasteiger partial charge in [-0.25, -0.2) is 12.8 Å². The Morgan fingerprint density at radius 1 is 1.00 bits per heavy atom. The lowest BCUT2D eigenvalue weighted by molar-refractivity contribution is -0.140. The maximum atomic E-state index is 14.4. The van der Waals surface area contributed by atoms with Crippen LogP contribution in [0, 0.1) is 11.7 Å². The van der Waals surface area contributed by atoms with Gasteiger partial charge in [-0.2, -0.15) is 0 Å². The van der Waals surface area contributed by atoms with Crippen LogP contribution >= 0.6 is 0 Å². The zero-order valence-corrected chi connectivity index (χ0v) is 22.1. The summed E-state index contributed by atoms with van der Waals surface area (Å²) in [7, 11) is -3.72. The van der Waals surface area contributed by atoms with Crippen LogP contribution in [0.15, 0.2) is 65.6 Å². The lowest BCUT2D eigenvalue weighted by Crippen LogP contribution is -2.48. The summed E-state index contributed by atoms with van der Waals surface area (Å²) in [5, 5.41) is 4.37. The van der Waals surface area contributed by atoms with Crippen molar-refractivity contribution in [1.29, 1.82) is 0 Å². The van der Waals surface area contributed by atoms with E-state index in [9.17, 15) is 22.4 Å². The van der Waals surface area contributed by atoms with Crippen molar-refractivity contribution in [3.63, 3.8) is 0 Å². The molecule has 1 unspecified atom stereocenters. The van der Waals surface area contributed by atoms with Crippen LogP contribution in [-0.4, -0.2) is 44.3 Å². The number of rotatable bonds is 10. The van der Waals surface area contributed by atoms with Gasteiger partial charge in [0.25, 0.3) is 10.0 Å². The van der Waals surface area contributed by atoms with Crippen LogP contribution in [0.3, 0.4) is 0 Å². The Morgan fingerprint density at radius 3 is 2.41 bits per heavy atom. The first-order valence-corrected chi connectivity index (χ1v) is 13.9. The van der Waals surface area contributed by atoms with Crippen LogP contribution in [0.2, 0.25) is 0 Å². The second-order valence-electron chi connectivity index (χ2n) is 9.74. The van der Waals surface area contributed by atoms with E-state index in [0.717, 1.165) is 5.39 Å². The van der Waals surface area contributed by atoms with Gasteiger partial charge in [0.2, 0.25) is 11.8 Å². The minimum absolute atomic E-state index is 0.00853. The molecule has 0 aliphatic carbocycles. The molecule has 1 heterocycles. The third-order valence-corrected chi connectivity index (χ3v) is 8.44. The second kappa shape index (κ2) is 10.9. The van der Waals surface area contributed by atoms with Gasteiger partial charge in [-0.05, 0) is 42.8 Å². The highest BCUT2D eigenvalue weighted by Gasteiger charge is 2.35. The number of hydrogen-bond donors (Lipinski definition) is 1. The van der Waals surface area contributed by atoms with Crippen LogP contribution in [0.1, 0.15) is 39.2 Å². The zero-order chi connectivity index (χ0) is 26.7. The summed E-state index contributed by atoms with van der Waals surface area (Å²) in [6.07, 6.45) is 0.255. The van der Waals surface area contributed by atoms with E-state index in [-0.39, 0.29) is 48.6 Å². The molecule has 0 fully saturated rings. The highest BCUT2D eigenvalue weighted by atomic mass is 32.2. The Hall–Kier alpha value is -3.46. The van der Waals surface area contributed by atoms with Gasteiger partial charge in [-0.3, -0.25) is 13.9 Å². The first kappa shape index (κ1) is 26.6. The second-order valence-corrected chi connectivity index (χ2v) is 11.6. The first-order chi connectivity index (χ1) is 17.6. The lowest BCUT2D eigenvalue weighted by atomic mass is 10.1. The fourth-order valence-electron chi connectivity index (χ4n) is 4.56. The van der Waals surface area contributed by atoms with Crippen molar-refractivity contribution < 1.29 is 22.4 Å². The maximum absolute atomic E-state index is 14.4. The summed E-state index contributed by atoms with van der Waals surface area (Å²) in [5.41, 5.74) is 0.911. The Kier molecular flexibility index (Phi) is 7.82. The van der Waals surface area contributed by atoms with E-state index < -0.39 is 21.9 Å². The van der Waals surface area contributed by atoms with Crippen molar-refractivity contribution in [3.05, 3.63) is 72.0 Å². The van der Waals surface area contributed by atoms with Crippen molar-refractivity contribution in [1.82, 2.24) is 10.2 Å². The minimum atomic E-state index is -3.72. The van der Waals surface area contributed by atoms with E-state index in [0.29, 0.717) is 23.2 Å². The first-order valence-electron chi connectivity index (χ1n) is 12.5. The van der Waals surface area contributed by atoms with Gasteiger partial charge in [0.15, 0.2) is 0 Å². The molecule has 0 spiro atoms. The van der Waals surface area contributed by atoms with Gasteiger partial charge in [0.1, 0.15) is 11.9 Å². The zero-order valence-electron chi connectivity index (χ0n) is 21.3. The molecule has 0 bridgehead atoms. The summed E-state index contributed by atoms with van der Waals surface area (Å²) in [6, 6.07) is 16.0. The fourth-order valence-corrected chi connectivity index (χ4v) is 6.31. The van der Waals surface area contributed by atoms with E-state index in [1.54, 1.807) is 43.3 Å².